The van der Waals surface area contributed by atoms with Crippen LogP contribution in [0.4, 0.5) is 0 Å². The maximum absolute atomic E-state index is 12.7. The van der Waals surface area contributed by atoms with Crippen molar-refractivity contribution in [3.8, 4) is 0 Å². The summed E-state index contributed by atoms with van der Waals surface area (Å²) < 4.78 is 6.04. The molecule has 2 atom stereocenters. The molecular formula is C20H25N3O2. The van der Waals surface area contributed by atoms with Crippen LogP contribution in [0.2, 0.25) is 0 Å². The van der Waals surface area contributed by atoms with Crippen molar-refractivity contribution in [3.63, 3.8) is 0 Å². The van der Waals surface area contributed by atoms with E-state index in [4.69, 9.17) is 4.74 Å². The van der Waals surface area contributed by atoms with Gasteiger partial charge in [0, 0.05) is 25.0 Å². The van der Waals surface area contributed by atoms with Gasteiger partial charge in [0.05, 0.1) is 24.9 Å². The number of morpholine rings is 1. The average molecular weight is 339 g/mol. The highest BCUT2D eigenvalue weighted by molar-refractivity contribution is 5.77. The molecule has 25 heavy (non-hydrogen) atoms. The first-order valence-electron chi connectivity index (χ1n) is 8.77. The molecule has 1 aliphatic heterocycles. The molecule has 1 amide bonds. The van der Waals surface area contributed by atoms with Crippen LogP contribution in [0.25, 0.3) is 0 Å². The van der Waals surface area contributed by atoms with Gasteiger partial charge in [0.1, 0.15) is 6.10 Å². The van der Waals surface area contributed by atoms with Gasteiger partial charge in [0.25, 0.3) is 0 Å². The minimum atomic E-state index is -0.0587. The van der Waals surface area contributed by atoms with Crippen molar-refractivity contribution in [2.75, 3.05) is 13.2 Å². The normalized spacial score (nSPS) is 20.5. The van der Waals surface area contributed by atoms with E-state index < -0.39 is 0 Å². The smallest absolute Gasteiger partial charge is 0.223 e. The van der Waals surface area contributed by atoms with E-state index in [1.807, 2.05) is 11.8 Å². The van der Waals surface area contributed by atoms with Crippen LogP contribution in [-0.2, 0) is 16.0 Å². The summed E-state index contributed by atoms with van der Waals surface area (Å²) in [7, 11) is 0. The molecule has 1 fully saturated rings. The molecule has 5 heteroatoms. The number of hydrogen-bond acceptors (Lipinski definition) is 4. The molecule has 0 saturated carbocycles. The van der Waals surface area contributed by atoms with Gasteiger partial charge in [0.2, 0.25) is 5.91 Å². The zero-order chi connectivity index (χ0) is 17.8. The Hall–Kier alpha value is -2.27. The molecule has 1 aromatic heterocycles. The van der Waals surface area contributed by atoms with Gasteiger partial charge in [-0.15, -0.1) is 0 Å². The third-order valence-corrected chi connectivity index (χ3v) is 4.75. The molecule has 0 bridgehead atoms. The number of carbonyl (C=O) groups excluding carboxylic acids is 1. The lowest BCUT2D eigenvalue weighted by Gasteiger charge is -2.39. The third kappa shape index (κ3) is 4.23. The topological polar surface area (TPSA) is 55.3 Å². The van der Waals surface area contributed by atoms with Crippen LogP contribution in [0, 0.1) is 13.8 Å². The molecule has 3 rings (SSSR count). The van der Waals surface area contributed by atoms with Crippen molar-refractivity contribution in [3.05, 3.63) is 59.2 Å². The quantitative estimate of drug-likeness (QED) is 0.859. The van der Waals surface area contributed by atoms with E-state index >= 15 is 0 Å². The summed E-state index contributed by atoms with van der Waals surface area (Å²) in [6.45, 7) is 7.38. The van der Waals surface area contributed by atoms with Crippen LogP contribution < -0.4 is 0 Å². The number of aryl methyl sites for hydroxylation is 3. The van der Waals surface area contributed by atoms with Crippen LogP contribution in [-0.4, -0.2) is 40.0 Å². The van der Waals surface area contributed by atoms with E-state index in [2.05, 4.69) is 42.0 Å². The zero-order valence-electron chi connectivity index (χ0n) is 15.1. The zero-order valence-corrected chi connectivity index (χ0v) is 15.1. The fraction of sp³-hybridized carbons (Fsp3) is 0.450. The van der Waals surface area contributed by atoms with Gasteiger partial charge in [-0.1, -0.05) is 23.8 Å². The lowest BCUT2D eigenvalue weighted by molar-refractivity contribution is -0.144. The van der Waals surface area contributed by atoms with Gasteiger partial charge in [-0.05, 0) is 38.3 Å². The maximum Gasteiger partial charge on any atom is 0.223 e. The van der Waals surface area contributed by atoms with Gasteiger partial charge in [-0.3, -0.25) is 14.8 Å². The standard InChI is InChI=1S/C20H25N3O2/c1-14-4-5-15(2)18(10-14)19-12-23(16(3)13-25-19)20(24)7-6-17-11-21-8-9-22-17/h4-5,8-11,16,19H,6-7,12-13H2,1-3H3/t16-,19-/m1/s1. The Balaban J connectivity index is 1.68. The first kappa shape index (κ1) is 17.5. The fourth-order valence-corrected chi connectivity index (χ4v) is 3.24. The van der Waals surface area contributed by atoms with Crippen molar-refractivity contribution in [1.29, 1.82) is 0 Å². The van der Waals surface area contributed by atoms with Gasteiger partial charge < -0.3 is 9.64 Å². The molecule has 1 saturated heterocycles. The highest BCUT2D eigenvalue weighted by Crippen LogP contribution is 2.28. The summed E-state index contributed by atoms with van der Waals surface area (Å²) in [5, 5.41) is 0. The Kier molecular flexibility index (Phi) is 5.43. The molecule has 1 aliphatic rings. The van der Waals surface area contributed by atoms with Gasteiger partial charge in [0.15, 0.2) is 0 Å². The van der Waals surface area contributed by atoms with E-state index in [-0.39, 0.29) is 18.1 Å². The second kappa shape index (κ2) is 7.74. The Morgan fingerprint density at radius 1 is 1.32 bits per heavy atom. The van der Waals surface area contributed by atoms with Crippen molar-refractivity contribution >= 4 is 5.91 Å². The van der Waals surface area contributed by atoms with E-state index in [9.17, 15) is 4.79 Å². The summed E-state index contributed by atoms with van der Waals surface area (Å²) in [6, 6.07) is 6.48. The number of rotatable bonds is 4. The number of nitrogens with zero attached hydrogens (tertiary/aromatic N) is 3. The lowest BCUT2D eigenvalue weighted by Crippen LogP contribution is -2.48. The minimum Gasteiger partial charge on any atom is -0.370 e. The predicted molar refractivity (Wildman–Crippen MR) is 96.1 cm³/mol. The summed E-state index contributed by atoms with van der Waals surface area (Å²) in [6.07, 6.45) is 6.02. The molecule has 2 aromatic rings. The summed E-state index contributed by atoms with van der Waals surface area (Å²) >= 11 is 0. The van der Waals surface area contributed by atoms with Gasteiger partial charge in [-0.25, -0.2) is 0 Å². The Labute approximate surface area is 149 Å². The average Bonchev–Trinajstić information content (AvgIpc) is 2.63. The summed E-state index contributed by atoms with van der Waals surface area (Å²) in [4.78, 5) is 23.0. The van der Waals surface area contributed by atoms with Crippen molar-refractivity contribution in [2.45, 2.75) is 45.8 Å². The van der Waals surface area contributed by atoms with Crippen molar-refractivity contribution < 1.29 is 9.53 Å². The molecule has 5 nitrogen and oxygen atoms in total. The second-order valence-corrected chi connectivity index (χ2v) is 6.77. The Bertz CT molecular complexity index is 733. The summed E-state index contributed by atoms with van der Waals surface area (Å²) in [5.41, 5.74) is 4.45. The first-order valence-corrected chi connectivity index (χ1v) is 8.77. The number of aromatic nitrogens is 2. The highest BCUT2D eigenvalue weighted by Gasteiger charge is 2.30. The second-order valence-electron chi connectivity index (χ2n) is 6.77. The molecule has 1 aromatic carbocycles. The Morgan fingerprint density at radius 2 is 2.16 bits per heavy atom. The van der Waals surface area contributed by atoms with Crippen molar-refractivity contribution in [1.82, 2.24) is 14.9 Å². The van der Waals surface area contributed by atoms with E-state index in [0.29, 0.717) is 26.0 Å². The molecule has 2 heterocycles. The van der Waals surface area contributed by atoms with Crippen LogP contribution in [0.1, 0.15) is 41.8 Å². The maximum atomic E-state index is 12.7. The molecular weight excluding hydrogens is 314 g/mol. The monoisotopic (exact) mass is 339 g/mol. The minimum absolute atomic E-state index is 0.0587. The van der Waals surface area contributed by atoms with Gasteiger partial charge >= 0.3 is 0 Å². The first-order chi connectivity index (χ1) is 12.0. The molecule has 0 aliphatic carbocycles. The predicted octanol–water partition coefficient (Wildman–Crippen LogP) is 3.01. The third-order valence-electron chi connectivity index (χ3n) is 4.75. The van der Waals surface area contributed by atoms with E-state index in [0.717, 1.165) is 5.69 Å². The van der Waals surface area contributed by atoms with Crippen molar-refractivity contribution in [2.24, 2.45) is 0 Å². The van der Waals surface area contributed by atoms with Gasteiger partial charge in [-0.2, -0.15) is 0 Å². The number of amides is 1. The Morgan fingerprint density at radius 3 is 2.92 bits per heavy atom. The number of ether oxygens (including phenoxy) is 1. The number of benzene rings is 1. The van der Waals surface area contributed by atoms with Crippen LogP contribution in [0.5, 0.6) is 0 Å². The molecule has 132 valence electrons. The molecule has 0 N–H and O–H groups in total. The fourth-order valence-electron chi connectivity index (χ4n) is 3.24. The number of hydrogen-bond donors (Lipinski definition) is 0. The SMILES string of the molecule is Cc1ccc(C)c([C@H]2CN(C(=O)CCc3cnccn3)[C@H](C)CO2)c1. The van der Waals surface area contributed by atoms with E-state index in [1.165, 1.54) is 16.7 Å². The van der Waals surface area contributed by atoms with Crippen LogP contribution in [0.3, 0.4) is 0 Å². The van der Waals surface area contributed by atoms with Crippen LogP contribution in [0.15, 0.2) is 36.8 Å². The number of carbonyl (C=O) groups is 1. The lowest BCUT2D eigenvalue weighted by atomic mass is 9.98. The molecule has 0 radical (unpaired) electrons. The van der Waals surface area contributed by atoms with E-state index in [1.54, 1.807) is 18.6 Å². The largest absolute Gasteiger partial charge is 0.370 e. The highest BCUT2D eigenvalue weighted by atomic mass is 16.5. The molecule has 0 unspecified atom stereocenters. The van der Waals surface area contributed by atoms with Crippen LogP contribution >= 0.6 is 0 Å². The molecule has 0 spiro atoms. The summed E-state index contributed by atoms with van der Waals surface area (Å²) in [5.74, 6) is 0.150.